The SMILES string of the molecule is COCCOC(=O)CCC(=O)Nc1ccc(C(=O)Nc2cccc(C(F)(F)F)c2)cc1. The molecule has 0 radical (unpaired) electrons. The van der Waals surface area contributed by atoms with Crippen molar-refractivity contribution < 1.29 is 37.0 Å². The summed E-state index contributed by atoms with van der Waals surface area (Å²) in [6, 6.07) is 10.1. The third-order valence-corrected chi connectivity index (χ3v) is 3.99. The van der Waals surface area contributed by atoms with Gasteiger partial charge in [0.15, 0.2) is 0 Å². The molecule has 0 aliphatic carbocycles. The Bertz CT molecular complexity index is 914. The van der Waals surface area contributed by atoms with Crippen molar-refractivity contribution in [1.29, 1.82) is 0 Å². The molecule has 2 aromatic carbocycles. The molecule has 0 aromatic heterocycles. The van der Waals surface area contributed by atoms with E-state index in [0.29, 0.717) is 5.69 Å². The second kappa shape index (κ2) is 11.1. The van der Waals surface area contributed by atoms with Crippen molar-refractivity contribution in [2.45, 2.75) is 19.0 Å². The molecule has 0 saturated carbocycles. The van der Waals surface area contributed by atoms with Crippen LogP contribution in [0.2, 0.25) is 0 Å². The number of ether oxygens (including phenoxy) is 2. The number of carbonyl (C=O) groups is 3. The fourth-order valence-corrected chi connectivity index (χ4v) is 2.43. The van der Waals surface area contributed by atoms with Crippen molar-refractivity contribution in [3.8, 4) is 0 Å². The van der Waals surface area contributed by atoms with Gasteiger partial charge < -0.3 is 20.1 Å². The highest BCUT2D eigenvalue weighted by atomic mass is 19.4. The van der Waals surface area contributed by atoms with Gasteiger partial charge in [0.05, 0.1) is 18.6 Å². The summed E-state index contributed by atoms with van der Waals surface area (Å²) in [6.45, 7) is 0.382. The van der Waals surface area contributed by atoms with Gasteiger partial charge in [-0.3, -0.25) is 14.4 Å². The minimum atomic E-state index is -4.51. The number of carbonyl (C=O) groups excluding carboxylic acids is 3. The smallest absolute Gasteiger partial charge is 0.416 e. The van der Waals surface area contributed by atoms with Crippen molar-refractivity contribution in [2.24, 2.45) is 0 Å². The van der Waals surface area contributed by atoms with Gasteiger partial charge in [-0.1, -0.05) is 6.07 Å². The number of esters is 1. The summed E-state index contributed by atoms with van der Waals surface area (Å²) in [7, 11) is 1.47. The second-order valence-corrected chi connectivity index (χ2v) is 6.37. The van der Waals surface area contributed by atoms with Gasteiger partial charge in [0.1, 0.15) is 6.61 Å². The molecule has 10 heteroatoms. The van der Waals surface area contributed by atoms with Crippen LogP contribution in [-0.4, -0.2) is 38.1 Å². The van der Waals surface area contributed by atoms with Gasteiger partial charge in [-0.25, -0.2) is 0 Å². The summed E-state index contributed by atoms with van der Waals surface area (Å²) in [5.74, 6) is -1.53. The molecule has 0 aliphatic rings. The molecule has 2 rings (SSSR count). The Morgan fingerprint density at radius 2 is 1.61 bits per heavy atom. The summed E-state index contributed by atoms with van der Waals surface area (Å²) < 4.78 is 47.9. The molecule has 0 heterocycles. The summed E-state index contributed by atoms with van der Waals surface area (Å²) in [5, 5.41) is 4.97. The molecule has 0 unspecified atom stereocenters. The molecule has 7 nitrogen and oxygen atoms in total. The van der Waals surface area contributed by atoms with Crippen LogP contribution in [0.25, 0.3) is 0 Å². The third-order valence-electron chi connectivity index (χ3n) is 3.99. The molecule has 0 saturated heterocycles. The van der Waals surface area contributed by atoms with E-state index in [1.54, 1.807) is 0 Å². The number of rotatable bonds is 9. The van der Waals surface area contributed by atoms with Crippen LogP contribution in [0.3, 0.4) is 0 Å². The Hall–Kier alpha value is -3.40. The standard InChI is InChI=1S/C21H21F3N2O5/c1-30-11-12-31-19(28)10-9-18(27)25-16-7-5-14(6-8-16)20(29)26-17-4-2-3-15(13-17)21(22,23)24/h2-8,13H,9-12H2,1H3,(H,25,27)(H,26,29). The van der Waals surface area contributed by atoms with Gasteiger partial charge >= 0.3 is 12.1 Å². The lowest BCUT2D eigenvalue weighted by Gasteiger charge is -2.10. The van der Waals surface area contributed by atoms with E-state index < -0.39 is 29.5 Å². The van der Waals surface area contributed by atoms with E-state index in [9.17, 15) is 27.6 Å². The van der Waals surface area contributed by atoms with E-state index >= 15 is 0 Å². The van der Waals surface area contributed by atoms with Crippen molar-refractivity contribution in [3.63, 3.8) is 0 Å². The van der Waals surface area contributed by atoms with Gasteiger partial charge in [-0.05, 0) is 42.5 Å². The van der Waals surface area contributed by atoms with E-state index in [1.807, 2.05) is 0 Å². The lowest BCUT2D eigenvalue weighted by atomic mass is 10.1. The molecule has 2 N–H and O–H groups in total. The van der Waals surface area contributed by atoms with Crippen LogP contribution in [0.4, 0.5) is 24.5 Å². The van der Waals surface area contributed by atoms with Crippen LogP contribution < -0.4 is 10.6 Å². The van der Waals surface area contributed by atoms with Crippen molar-refractivity contribution in [1.82, 2.24) is 0 Å². The minimum absolute atomic E-state index is 0.00888. The highest BCUT2D eigenvalue weighted by molar-refractivity contribution is 6.04. The number of hydrogen-bond acceptors (Lipinski definition) is 5. The first kappa shape index (κ1) is 23.9. The Labute approximate surface area is 176 Å². The number of halogens is 3. The van der Waals surface area contributed by atoms with Crippen molar-refractivity contribution >= 4 is 29.2 Å². The Balaban J connectivity index is 1.86. The number of methoxy groups -OCH3 is 1. The Morgan fingerprint density at radius 3 is 2.26 bits per heavy atom. The summed E-state index contributed by atoms with van der Waals surface area (Å²) in [5.41, 5.74) is -0.272. The van der Waals surface area contributed by atoms with Crippen LogP contribution in [0.15, 0.2) is 48.5 Å². The molecule has 0 aliphatic heterocycles. The number of amides is 2. The lowest BCUT2D eigenvalue weighted by Crippen LogP contribution is -2.16. The van der Waals surface area contributed by atoms with Crippen LogP contribution in [0, 0.1) is 0 Å². The fourth-order valence-electron chi connectivity index (χ4n) is 2.43. The molecule has 0 fully saturated rings. The largest absolute Gasteiger partial charge is 0.463 e. The Morgan fingerprint density at radius 1 is 0.903 bits per heavy atom. The molecule has 0 atom stereocenters. The number of alkyl halides is 3. The van der Waals surface area contributed by atoms with E-state index in [0.717, 1.165) is 12.1 Å². The van der Waals surface area contributed by atoms with Crippen LogP contribution >= 0.6 is 0 Å². The lowest BCUT2D eigenvalue weighted by molar-refractivity contribution is -0.145. The maximum atomic E-state index is 12.8. The topological polar surface area (TPSA) is 93.7 Å². The Kier molecular flexibility index (Phi) is 8.56. The monoisotopic (exact) mass is 438 g/mol. The zero-order valence-electron chi connectivity index (χ0n) is 16.6. The van der Waals surface area contributed by atoms with Gasteiger partial charge in [0.2, 0.25) is 5.91 Å². The third kappa shape index (κ3) is 8.09. The normalized spacial score (nSPS) is 11.0. The zero-order chi connectivity index (χ0) is 22.9. The summed E-state index contributed by atoms with van der Waals surface area (Å²) in [6.07, 6.45) is -4.68. The van der Waals surface area contributed by atoms with Crippen molar-refractivity contribution in [3.05, 3.63) is 59.7 Å². The van der Waals surface area contributed by atoms with Crippen LogP contribution in [-0.2, 0) is 25.2 Å². The second-order valence-electron chi connectivity index (χ2n) is 6.37. The predicted molar refractivity (Wildman–Crippen MR) is 107 cm³/mol. The maximum absolute atomic E-state index is 12.8. The zero-order valence-corrected chi connectivity index (χ0v) is 16.6. The van der Waals surface area contributed by atoms with E-state index in [-0.39, 0.29) is 37.3 Å². The number of hydrogen-bond donors (Lipinski definition) is 2. The molecule has 0 bridgehead atoms. The van der Waals surface area contributed by atoms with E-state index in [2.05, 4.69) is 10.6 Å². The molecule has 2 amide bonds. The van der Waals surface area contributed by atoms with Crippen LogP contribution in [0.1, 0.15) is 28.8 Å². The summed E-state index contributed by atoms with van der Waals surface area (Å²) in [4.78, 5) is 35.6. The highest BCUT2D eigenvalue weighted by Gasteiger charge is 2.30. The first-order chi connectivity index (χ1) is 14.7. The molecule has 166 valence electrons. The number of benzene rings is 2. The molecule has 2 aromatic rings. The van der Waals surface area contributed by atoms with Gasteiger partial charge in [-0.15, -0.1) is 0 Å². The number of nitrogens with one attached hydrogen (secondary N) is 2. The van der Waals surface area contributed by atoms with Crippen molar-refractivity contribution in [2.75, 3.05) is 31.0 Å². The fraction of sp³-hybridized carbons (Fsp3) is 0.286. The van der Waals surface area contributed by atoms with Gasteiger partial charge in [0, 0.05) is 30.5 Å². The predicted octanol–water partition coefficient (Wildman–Crippen LogP) is 3.87. The molecular formula is C21H21F3N2O5. The average molecular weight is 438 g/mol. The minimum Gasteiger partial charge on any atom is -0.463 e. The first-order valence-electron chi connectivity index (χ1n) is 9.22. The molecular weight excluding hydrogens is 417 g/mol. The summed E-state index contributed by atoms with van der Waals surface area (Å²) >= 11 is 0. The van der Waals surface area contributed by atoms with E-state index in [1.165, 1.54) is 43.5 Å². The quantitative estimate of drug-likeness (QED) is 0.458. The number of anilines is 2. The highest BCUT2D eigenvalue weighted by Crippen LogP contribution is 2.30. The first-order valence-corrected chi connectivity index (χ1v) is 9.22. The molecule has 0 spiro atoms. The van der Waals surface area contributed by atoms with E-state index in [4.69, 9.17) is 9.47 Å². The van der Waals surface area contributed by atoms with Crippen LogP contribution in [0.5, 0.6) is 0 Å². The van der Waals surface area contributed by atoms with Gasteiger partial charge in [-0.2, -0.15) is 13.2 Å². The van der Waals surface area contributed by atoms with Gasteiger partial charge in [0.25, 0.3) is 5.91 Å². The maximum Gasteiger partial charge on any atom is 0.416 e. The average Bonchev–Trinajstić information content (AvgIpc) is 2.72. The molecule has 31 heavy (non-hydrogen) atoms.